The van der Waals surface area contributed by atoms with E-state index in [1.54, 1.807) is 0 Å². The third kappa shape index (κ3) is 2.28. The lowest BCUT2D eigenvalue weighted by Gasteiger charge is -2.36. The Balaban J connectivity index is 0.000000980. The van der Waals surface area contributed by atoms with Gasteiger partial charge in [-0.1, -0.05) is 6.08 Å². The number of aliphatic hydroxyl groups is 1. The van der Waals surface area contributed by atoms with Gasteiger partial charge >= 0.3 is 0 Å². The van der Waals surface area contributed by atoms with E-state index in [1.807, 2.05) is 0 Å². The summed E-state index contributed by atoms with van der Waals surface area (Å²) in [5.41, 5.74) is -0.179. The van der Waals surface area contributed by atoms with Crippen molar-refractivity contribution in [1.82, 2.24) is 0 Å². The summed E-state index contributed by atoms with van der Waals surface area (Å²) in [5, 5.41) is 9.64. The number of hydrogen-bond donors (Lipinski definition) is 2. The highest BCUT2D eigenvalue weighted by molar-refractivity contribution is 5.15. The normalized spacial score (nSPS) is 40.0. The van der Waals surface area contributed by atoms with Gasteiger partial charge in [0, 0.05) is 12.8 Å². The first-order valence-electron chi connectivity index (χ1n) is 4.94. The predicted octanol–water partition coefficient (Wildman–Crippen LogP) is -4.02. The molecule has 0 saturated carbocycles. The molecule has 0 amide bonds. The molecule has 3 nitrogen and oxygen atoms in total. The molecule has 2 bridgehead atoms. The van der Waals surface area contributed by atoms with E-state index in [4.69, 9.17) is 4.74 Å². The zero-order chi connectivity index (χ0) is 9.47. The molecule has 2 heterocycles. The van der Waals surface area contributed by atoms with Gasteiger partial charge in [-0.05, 0) is 6.08 Å². The first-order chi connectivity index (χ1) is 6.10. The van der Waals surface area contributed by atoms with Gasteiger partial charge < -0.3 is 27.2 Å². The van der Waals surface area contributed by atoms with E-state index in [1.165, 1.54) is 4.90 Å². The molecule has 0 aromatic heterocycles. The lowest BCUT2D eigenvalue weighted by Crippen LogP contribution is -3.08. The molecule has 1 saturated heterocycles. The van der Waals surface area contributed by atoms with Gasteiger partial charge in [0.2, 0.25) is 0 Å². The van der Waals surface area contributed by atoms with E-state index >= 15 is 0 Å². The van der Waals surface area contributed by atoms with Crippen molar-refractivity contribution in [3.63, 3.8) is 0 Å². The van der Waals surface area contributed by atoms with Crippen LogP contribution in [0.4, 0.5) is 0 Å². The van der Waals surface area contributed by atoms with Crippen LogP contribution in [-0.2, 0) is 4.74 Å². The summed E-state index contributed by atoms with van der Waals surface area (Å²) in [6.45, 7) is 0.942. The summed E-state index contributed by atoms with van der Waals surface area (Å²) in [6.07, 6.45) is 5.72. The van der Waals surface area contributed by atoms with Gasteiger partial charge in [0.1, 0.15) is 12.1 Å². The molecule has 0 aromatic carbocycles. The fourth-order valence-corrected chi connectivity index (χ4v) is 2.43. The Labute approximate surface area is 91.1 Å². The molecular weight excluding hydrogens is 202 g/mol. The smallest absolute Gasteiger partial charge is 0.138 e. The van der Waals surface area contributed by atoms with Gasteiger partial charge in [-0.2, -0.15) is 0 Å². The van der Waals surface area contributed by atoms with Gasteiger partial charge in [0.25, 0.3) is 0 Å². The van der Waals surface area contributed by atoms with Crippen LogP contribution in [0, 0.1) is 0 Å². The minimum Gasteiger partial charge on any atom is -1.00 e. The van der Waals surface area contributed by atoms with Crippen molar-refractivity contribution in [2.24, 2.45) is 0 Å². The van der Waals surface area contributed by atoms with Crippen LogP contribution in [0.5, 0.6) is 0 Å². The SMILES string of the molecule is C[NH+](C)CC12C=C[C@@H](C[C@H](O)C1)O2.[Cl-]. The molecule has 1 unspecified atom stereocenters. The first-order valence-corrected chi connectivity index (χ1v) is 4.94. The van der Waals surface area contributed by atoms with Crippen LogP contribution in [0.1, 0.15) is 12.8 Å². The number of halogens is 1. The van der Waals surface area contributed by atoms with E-state index in [9.17, 15) is 5.11 Å². The lowest BCUT2D eigenvalue weighted by atomic mass is 9.93. The van der Waals surface area contributed by atoms with Crippen LogP contribution in [0.15, 0.2) is 12.2 Å². The molecule has 0 aliphatic carbocycles. The minimum atomic E-state index is -0.187. The van der Waals surface area contributed by atoms with Crippen molar-refractivity contribution in [2.75, 3.05) is 20.6 Å². The van der Waals surface area contributed by atoms with Crippen LogP contribution < -0.4 is 17.3 Å². The molecule has 0 radical (unpaired) electrons. The fourth-order valence-electron chi connectivity index (χ4n) is 2.43. The van der Waals surface area contributed by atoms with Crippen LogP contribution in [0.25, 0.3) is 0 Å². The quantitative estimate of drug-likeness (QED) is 0.464. The van der Waals surface area contributed by atoms with E-state index in [-0.39, 0.29) is 30.2 Å². The summed E-state index contributed by atoms with van der Waals surface area (Å²) < 4.78 is 5.87. The van der Waals surface area contributed by atoms with Crippen LogP contribution in [0.3, 0.4) is 0 Å². The van der Waals surface area contributed by atoms with Crippen molar-refractivity contribution in [1.29, 1.82) is 0 Å². The first kappa shape index (κ1) is 12.0. The number of ether oxygens (including phenoxy) is 1. The number of quaternary nitrogens is 1. The topological polar surface area (TPSA) is 33.9 Å². The van der Waals surface area contributed by atoms with Gasteiger partial charge in [-0.15, -0.1) is 0 Å². The fraction of sp³-hybridized carbons (Fsp3) is 0.800. The van der Waals surface area contributed by atoms with E-state index in [0.29, 0.717) is 0 Å². The van der Waals surface area contributed by atoms with E-state index in [0.717, 1.165) is 19.4 Å². The second-order valence-corrected chi connectivity index (χ2v) is 4.56. The number of nitrogens with one attached hydrogen (secondary N) is 1. The molecule has 2 N–H and O–H groups in total. The molecule has 82 valence electrons. The highest BCUT2D eigenvalue weighted by atomic mass is 35.5. The third-order valence-electron chi connectivity index (χ3n) is 2.74. The molecular formula is C10H18ClNO2. The summed E-state index contributed by atoms with van der Waals surface area (Å²) in [6, 6.07) is 0. The van der Waals surface area contributed by atoms with Gasteiger partial charge in [0.05, 0.1) is 26.3 Å². The number of rotatable bonds is 2. The zero-order valence-corrected chi connectivity index (χ0v) is 9.42. The molecule has 4 heteroatoms. The predicted molar refractivity (Wildman–Crippen MR) is 49.7 cm³/mol. The summed E-state index contributed by atoms with van der Waals surface area (Å²) in [7, 11) is 4.22. The van der Waals surface area contributed by atoms with Gasteiger partial charge in [0.15, 0.2) is 0 Å². The zero-order valence-electron chi connectivity index (χ0n) is 8.66. The average Bonchev–Trinajstić information content (AvgIpc) is 2.24. The Morgan fingerprint density at radius 1 is 1.57 bits per heavy atom. The molecule has 1 fully saturated rings. The highest BCUT2D eigenvalue weighted by Gasteiger charge is 2.44. The van der Waals surface area contributed by atoms with Crippen LogP contribution in [-0.4, -0.2) is 43.6 Å². The van der Waals surface area contributed by atoms with Crippen molar-refractivity contribution >= 4 is 0 Å². The van der Waals surface area contributed by atoms with Crippen molar-refractivity contribution in [3.05, 3.63) is 12.2 Å². The Hall–Kier alpha value is -0.0900. The number of likely N-dealkylation sites (N-methyl/N-ethyl adjacent to an activating group) is 1. The monoisotopic (exact) mass is 219 g/mol. The van der Waals surface area contributed by atoms with E-state index in [2.05, 4.69) is 26.2 Å². The maximum atomic E-state index is 9.64. The maximum absolute atomic E-state index is 9.64. The van der Waals surface area contributed by atoms with Crippen molar-refractivity contribution in [2.45, 2.75) is 30.7 Å². The Bertz CT molecular complexity index is 228. The largest absolute Gasteiger partial charge is 1.00 e. The minimum absolute atomic E-state index is 0. The van der Waals surface area contributed by atoms with E-state index < -0.39 is 0 Å². The number of fused-ring (bicyclic) bond motifs is 2. The molecule has 2 rings (SSSR count). The standard InChI is InChI=1S/C10H17NO2.ClH/c1-11(2)7-10-4-3-9(13-10)5-8(12)6-10;/h3-4,8-9,12H,5-7H2,1-2H3;1H/t8-,9-,10?;/m0./s1. The molecule has 0 aromatic rings. The van der Waals surface area contributed by atoms with Crippen LogP contribution in [0.2, 0.25) is 0 Å². The number of aliphatic hydroxyl groups excluding tert-OH is 1. The Morgan fingerprint density at radius 3 is 2.93 bits per heavy atom. The second kappa shape index (κ2) is 4.19. The lowest BCUT2D eigenvalue weighted by molar-refractivity contribution is -0.865. The second-order valence-electron chi connectivity index (χ2n) is 4.56. The summed E-state index contributed by atoms with van der Waals surface area (Å²) >= 11 is 0. The maximum Gasteiger partial charge on any atom is 0.138 e. The van der Waals surface area contributed by atoms with Gasteiger partial charge in [-0.25, -0.2) is 0 Å². The highest BCUT2D eigenvalue weighted by Crippen LogP contribution is 2.35. The number of hydrogen-bond acceptors (Lipinski definition) is 2. The van der Waals surface area contributed by atoms with Crippen LogP contribution >= 0.6 is 0 Å². The molecule has 2 aliphatic heterocycles. The Morgan fingerprint density at radius 2 is 2.29 bits per heavy atom. The molecule has 2 aliphatic rings. The molecule has 3 atom stereocenters. The molecule has 0 spiro atoms. The summed E-state index contributed by atoms with van der Waals surface area (Å²) in [5.74, 6) is 0. The summed E-state index contributed by atoms with van der Waals surface area (Å²) in [4.78, 5) is 1.36. The average molecular weight is 220 g/mol. The van der Waals surface area contributed by atoms with Crippen molar-refractivity contribution < 1.29 is 27.2 Å². The van der Waals surface area contributed by atoms with Gasteiger partial charge in [-0.3, -0.25) is 0 Å². The Kier molecular flexibility index (Phi) is 3.58. The van der Waals surface area contributed by atoms with Crippen molar-refractivity contribution in [3.8, 4) is 0 Å². The third-order valence-corrected chi connectivity index (χ3v) is 2.74. The molecule has 14 heavy (non-hydrogen) atoms.